The lowest BCUT2D eigenvalue weighted by Crippen LogP contribution is -2.44. The van der Waals surface area contributed by atoms with Crippen LogP contribution in [0.1, 0.15) is 17.7 Å². The van der Waals surface area contributed by atoms with Gasteiger partial charge in [-0.1, -0.05) is 0 Å². The third-order valence-corrected chi connectivity index (χ3v) is 4.46. The summed E-state index contributed by atoms with van der Waals surface area (Å²) >= 11 is 5.66. The van der Waals surface area contributed by atoms with Gasteiger partial charge in [-0.2, -0.15) is 5.10 Å². The Morgan fingerprint density at radius 2 is 2.04 bits per heavy atom. The Balaban J connectivity index is 1.87. The Morgan fingerprint density at radius 3 is 2.71 bits per heavy atom. The number of nitrogens with zero attached hydrogens (tertiary/aromatic N) is 3. The van der Waals surface area contributed by atoms with E-state index in [-0.39, 0.29) is 24.0 Å². The van der Waals surface area contributed by atoms with E-state index in [9.17, 15) is 18.0 Å². The third kappa shape index (κ3) is 3.26. The molecule has 3 rings (SSSR count). The molecule has 24 heavy (non-hydrogen) atoms. The molecule has 2 heterocycles. The minimum Gasteiger partial charge on any atom is -0.334 e. The summed E-state index contributed by atoms with van der Waals surface area (Å²) in [6.07, 6.45) is 2.79. The number of hydrogen-bond donors (Lipinski definition) is 0. The summed E-state index contributed by atoms with van der Waals surface area (Å²) < 4.78 is 42.8. The number of halogens is 4. The molecule has 1 aliphatic rings. The summed E-state index contributed by atoms with van der Waals surface area (Å²) in [4.78, 5) is 13.6. The van der Waals surface area contributed by atoms with Crippen molar-refractivity contribution >= 4 is 17.5 Å². The summed E-state index contributed by atoms with van der Waals surface area (Å²) in [6.45, 7) is 0.315. The predicted octanol–water partition coefficient (Wildman–Crippen LogP) is 2.88. The molecule has 1 aromatic carbocycles. The van der Waals surface area contributed by atoms with E-state index in [1.165, 1.54) is 4.90 Å². The van der Waals surface area contributed by atoms with E-state index < -0.39 is 23.4 Å². The Morgan fingerprint density at radius 1 is 1.33 bits per heavy atom. The van der Waals surface area contributed by atoms with Crippen LogP contribution < -0.4 is 0 Å². The minimum absolute atomic E-state index is 0.246. The number of carbonyl (C=O) groups excluding carboxylic acids is 1. The Labute approximate surface area is 141 Å². The SMILES string of the molecule is O=C(CCl)N(Cc1c(F)cc(F)cc1F)C1CCn2nccc2C1. The lowest BCUT2D eigenvalue weighted by Gasteiger charge is -2.34. The second-order valence-electron chi connectivity index (χ2n) is 5.70. The molecular weight excluding hydrogens is 343 g/mol. The van der Waals surface area contributed by atoms with E-state index in [2.05, 4.69) is 5.10 Å². The fraction of sp³-hybridized carbons (Fsp3) is 0.375. The topological polar surface area (TPSA) is 38.1 Å². The van der Waals surface area contributed by atoms with Crippen LogP contribution >= 0.6 is 11.6 Å². The van der Waals surface area contributed by atoms with Gasteiger partial charge < -0.3 is 4.90 Å². The van der Waals surface area contributed by atoms with Crippen LogP contribution in [0.2, 0.25) is 0 Å². The molecule has 0 fully saturated rings. The highest BCUT2D eigenvalue weighted by atomic mass is 35.5. The molecule has 4 nitrogen and oxygen atoms in total. The van der Waals surface area contributed by atoms with E-state index in [0.29, 0.717) is 31.5 Å². The van der Waals surface area contributed by atoms with Crippen molar-refractivity contribution in [2.75, 3.05) is 5.88 Å². The molecule has 2 aromatic rings. The van der Waals surface area contributed by atoms with Crippen LogP contribution in [0.25, 0.3) is 0 Å². The first kappa shape index (κ1) is 16.8. The normalized spacial score (nSPS) is 16.8. The van der Waals surface area contributed by atoms with Gasteiger partial charge in [0.25, 0.3) is 0 Å². The van der Waals surface area contributed by atoms with Crippen molar-refractivity contribution < 1.29 is 18.0 Å². The van der Waals surface area contributed by atoms with E-state index in [4.69, 9.17) is 11.6 Å². The second kappa shape index (κ2) is 6.84. The van der Waals surface area contributed by atoms with Crippen LogP contribution in [0, 0.1) is 17.5 Å². The highest BCUT2D eigenvalue weighted by molar-refractivity contribution is 6.27. The first-order valence-electron chi connectivity index (χ1n) is 7.49. The van der Waals surface area contributed by atoms with Crippen LogP contribution in [0.3, 0.4) is 0 Å². The van der Waals surface area contributed by atoms with Crippen molar-refractivity contribution in [3.05, 3.63) is 53.1 Å². The smallest absolute Gasteiger partial charge is 0.238 e. The number of aromatic nitrogens is 2. The molecule has 0 radical (unpaired) electrons. The number of alkyl halides is 1. The van der Waals surface area contributed by atoms with Crippen molar-refractivity contribution in [1.29, 1.82) is 0 Å². The highest BCUT2D eigenvalue weighted by Crippen LogP contribution is 2.24. The van der Waals surface area contributed by atoms with E-state index >= 15 is 0 Å². The molecule has 1 atom stereocenters. The number of amides is 1. The molecule has 1 unspecified atom stereocenters. The number of carbonyl (C=O) groups is 1. The van der Waals surface area contributed by atoms with Gasteiger partial charge in [0.2, 0.25) is 5.91 Å². The summed E-state index contributed by atoms with van der Waals surface area (Å²) in [5.74, 6) is -3.73. The van der Waals surface area contributed by atoms with Gasteiger partial charge in [0.05, 0.1) is 6.54 Å². The molecule has 0 saturated carbocycles. The molecule has 0 N–H and O–H groups in total. The average molecular weight is 358 g/mol. The second-order valence-corrected chi connectivity index (χ2v) is 5.96. The summed E-state index contributed by atoms with van der Waals surface area (Å²) in [5.41, 5.74) is 0.604. The van der Waals surface area contributed by atoms with E-state index in [0.717, 1.165) is 5.69 Å². The Kier molecular flexibility index (Phi) is 4.80. The van der Waals surface area contributed by atoms with Gasteiger partial charge in [0.15, 0.2) is 0 Å². The number of benzene rings is 1. The van der Waals surface area contributed by atoms with Crippen molar-refractivity contribution in [2.45, 2.75) is 32.0 Å². The summed E-state index contributed by atoms with van der Waals surface area (Å²) in [6, 6.07) is 2.81. The lowest BCUT2D eigenvalue weighted by atomic mass is 10.0. The van der Waals surface area contributed by atoms with Gasteiger partial charge in [-0.25, -0.2) is 13.2 Å². The zero-order chi connectivity index (χ0) is 17.3. The zero-order valence-corrected chi connectivity index (χ0v) is 13.4. The predicted molar refractivity (Wildman–Crippen MR) is 81.9 cm³/mol. The first-order valence-corrected chi connectivity index (χ1v) is 8.02. The molecule has 1 amide bonds. The highest BCUT2D eigenvalue weighted by Gasteiger charge is 2.29. The number of rotatable bonds is 4. The van der Waals surface area contributed by atoms with Crippen molar-refractivity contribution in [2.24, 2.45) is 0 Å². The molecule has 0 saturated heterocycles. The molecule has 8 heteroatoms. The first-order chi connectivity index (χ1) is 11.5. The molecule has 1 aromatic heterocycles. The van der Waals surface area contributed by atoms with Crippen LogP contribution in [0.5, 0.6) is 0 Å². The van der Waals surface area contributed by atoms with Gasteiger partial charge in [0.1, 0.15) is 23.3 Å². The Hall–Kier alpha value is -2.02. The van der Waals surface area contributed by atoms with Gasteiger partial charge in [-0.3, -0.25) is 9.48 Å². The summed E-state index contributed by atoms with van der Waals surface area (Å²) in [5, 5.41) is 4.16. The molecule has 0 aliphatic carbocycles. The minimum atomic E-state index is -1.01. The number of aryl methyl sites for hydroxylation is 1. The van der Waals surface area contributed by atoms with Crippen LogP contribution in [0.15, 0.2) is 24.4 Å². The van der Waals surface area contributed by atoms with Gasteiger partial charge in [-0.15, -0.1) is 11.6 Å². The Bertz CT molecular complexity index is 742. The molecule has 1 aliphatic heterocycles. The van der Waals surface area contributed by atoms with Crippen molar-refractivity contribution in [1.82, 2.24) is 14.7 Å². The largest absolute Gasteiger partial charge is 0.334 e. The third-order valence-electron chi connectivity index (χ3n) is 4.23. The van der Waals surface area contributed by atoms with Crippen molar-refractivity contribution in [3.63, 3.8) is 0 Å². The maximum absolute atomic E-state index is 13.9. The molecule has 128 valence electrons. The summed E-state index contributed by atoms with van der Waals surface area (Å²) in [7, 11) is 0. The fourth-order valence-electron chi connectivity index (χ4n) is 3.01. The van der Waals surface area contributed by atoms with E-state index in [1.54, 1.807) is 6.20 Å². The number of fused-ring (bicyclic) bond motifs is 1. The van der Waals surface area contributed by atoms with Gasteiger partial charge in [-0.05, 0) is 12.5 Å². The average Bonchev–Trinajstić information content (AvgIpc) is 3.01. The van der Waals surface area contributed by atoms with Crippen LogP contribution in [-0.2, 0) is 24.3 Å². The van der Waals surface area contributed by atoms with Crippen LogP contribution in [0.4, 0.5) is 13.2 Å². The maximum atomic E-state index is 13.9. The monoisotopic (exact) mass is 357 g/mol. The maximum Gasteiger partial charge on any atom is 0.238 e. The van der Waals surface area contributed by atoms with Crippen LogP contribution in [-0.4, -0.2) is 32.5 Å². The van der Waals surface area contributed by atoms with Crippen molar-refractivity contribution in [3.8, 4) is 0 Å². The standard InChI is InChI=1S/C16H15ClF3N3O/c17-8-16(24)22(9-13-14(19)5-10(18)6-15(13)20)11-2-4-23-12(7-11)1-3-21-23/h1,3,5-6,11H,2,4,7-9H2. The van der Waals surface area contributed by atoms with Gasteiger partial charge in [0, 0.05) is 48.6 Å². The lowest BCUT2D eigenvalue weighted by molar-refractivity contribution is -0.132. The molecule has 0 spiro atoms. The molecule has 0 bridgehead atoms. The van der Waals surface area contributed by atoms with E-state index in [1.807, 2.05) is 10.7 Å². The molecular formula is C16H15ClF3N3O. The number of hydrogen-bond acceptors (Lipinski definition) is 2. The zero-order valence-electron chi connectivity index (χ0n) is 12.7. The fourth-order valence-corrected chi connectivity index (χ4v) is 3.16. The quantitative estimate of drug-likeness (QED) is 0.789. The van der Waals surface area contributed by atoms with Gasteiger partial charge >= 0.3 is 0 Å².